The van der Waals surface area contributed by atoms with Crippen LogP contribution in [0.15, 0.2) is 36.9 Å². The van der Waals surface area contributed by atoms with Gasteiger partial charge in [-0.2, -0.15) is 0 Å². The van der Waals surface area contributed by atoms with E-state index in [9.17, 15) is 0 Å². The first-order valence-corrected chi connectivity index (χ1v) is 5.41. The molecule has 5 heteroatoms. The zero-order valence-electron chi connectivity index (χ0n) is 8.32. The Bertz CT molecular complexity index is 506. The fourth-order valence-corrected chi connectivity index (χ4v) is 1.90. The topological polar surface area (TPSA) is 41.7 Å². The SMILES string of the molecule is N=C(Cn1ccnc1)c1ccc(Cl)cc1Cl. The lowest BCUT2D eigenvalue weighted by molar-refractivity contribution is 0.847. The molecular weight excluding hydrogens is 245 g/mol. The van der Waals surface area contributed by atoms with Crippen molar-refractivity contribution in [2.45, 2.75) is 6.54 Å². The van der Waals surface area contributed by atoms with Gasteiger partial charge in [-0.3, -0.25) is 0 Å². The van der Waals surface area contributed by atoms with Gasteiger partial charge < -0.3 is 9.98 Å². The summed E-state index contributed by atoms with van der Waals surface area (Å²) in [6.07, 6.45) is 5.15. The van der Waals surface area contributed by atoms with Gasteiger partial charge >= 0.3 is 0 Å². The van der Waals surface area contributed by atoms with E-state index in [1.807, 2.05) is 4.57 Å². The number of nitrogens with one attached hydrogen (secondary N) is 1. The molecule has 2 rings (SSSR count). The number of imidazole rings is 1. The maximum atomic E-state index is 7.94. The van der Waals surface area contributed by atoms with Crippen LogP contribution in [0.5, 0.6) is 0 Å². The van der Waals surface area contributed by atoms with E-state index in [0.717, 1.165) is 0 Å². The van der Waals surface area contributed by atoms with Crippen molar-refractivity contribution in [2.24, 2.45) is 0 Å². The highest BCUT2D eigenvalue weighted by Gasteiger charge is 2.07. The third-order valence-electron chi connectivity index (χ3n) is 2.16. The van der Waals surface area contributed by atoms with Crippen molar-refractivity contribution < 1.29 is 0 Å². The summed E-state index contributed by atoms with van der Waals surface area (Å²) in [7, 11) is 0. The lowest BCUT2D eigenvalue weighted by Crippen LogP contribution is -2.09. The Labute approximate surface area is 103 Å². The average Bonchev–Trinajstić information content (AvgIpc) is 2.70. The number of nitrogens with zero attached hydrogens (tertiary/aromatic N) is 2. The molecule has 3 nitrogen and oxygen atoms in total. The minimum absolute atomic E-state index is 0.430. The third kappa shape index (κ3) is 2.43. The summed E-state index contributed by atoms with van der Waals surface area (Å²) in [5, 5.41) is 9.01. The minimum atomic E-state index is 0.430. The molecule has 0 aliphatic carbocycles. The molecule has 2 aromatic rings. The summed E-state index contributed by atoms with van der Waals surface area (Å²) >= 11 is 11.8. The molecule has 0 unspecified atom stereocenters. The molecule has 0 saturated carbocycles. The molecule has 0 bridgehead atoms. The number of hydrogen-bond acceptors (Lipinski definition) is 2. The van der Waals surface area contributed by atoms with Crippen molar-refractivity contribution in [3.05, 3.63) is 52.5 Å². The maximum absolute atomic E-state index is 7.94. The number of aromatic nitrogens is 2. The van der Waals surface area contributed by atoms with Gasteiger partial charge in [-0.05, 0) is 12.1 Å². The highest BCUT2D eigenvalue weighted by atomic mass is 35.5. The van der Waals surface area contributed by atoms with Crippen molar-refractivity contribution in [3.8, 4) is 0 Å². The van der Waals surface area contributed by atoms with Crippen molar-refractivity contribution >= 4 is 28.9 Å². The second-order valence-electron chi connectivity index (χ2n) is 3.34. The Hall–Kier alpha value is -1.32. The molecule has 0 amide bonds. The van der Waals surface area contributed by atoms with Crippen LogP contribution in [0.2, 0.25) is 10.0 Å². The largest absolute Gasteiger partial charge is 0.331 e. The van der Waals surface area contributed by atoms with E-state index < -0.39 is 0 Å². The Morgan fingerprint density at radius 2 is 2.19 bits per heavy atom. The minimum Gasteiger partial charge on any atom is -0.331 e. The Morgan fingerprint density at radius 3 is 2.81 bits per heavy atom. The molecule has 0 spiro atoms. The van der Waals surface area contributed by atoms with E-state index in [1.54, 1.807) is 36.9 Å². The van der Waals surface area contributed by atoms with Gasteiger partial charge in [0.05, 0.1) is 23.6 Å². The first-order chi connectivity index (χ1) is 7.66. The van der Waals surface area contributed by atoms with Gasteiger partial charge in [-0.15, -0.1) is 0 Å². The summed E-state index contributed by atoms with van der Waals surface area (Å²) in [5.41, 5.74) is 1.12. The normalized spacial score (nSPS) is 10.4. The molecule has 16 heavy (non-hydrogen) atoms. The molecule has 0 radical (unpaired) electrons. The van der Waals surface area contributed by atoms with Crippen LogP contribution in [0.4, 0.5) is 0 Å². The average molecular weight is 254 g/mol. The summed E-state index contributed by atoms with van der Waals surface area (Å²) in [5.74, 6) is 0. The first kappa shape index (κ1) is 11.2. The lowest BCUT2D eigenvalue weighted by Gasteiger charge is -2.07. The molecule has 0 saturated heterocycles. The smallest absolute Gasteiger partial charge is 0.0949 e. The molecular formula is C11H9Cl2N3. The number of halogens is 2. The van der Waals surface area contributed by atoms with Crippen molar-refractivity contribution in [2.75, 3.05) is 0 Å². The molecule has 1 aromatic carbocycles. The molecule has 82 valence electrons. The van der Waals surface area contributed by atoms with Crippen molar-refractivity contribution in [3.63, 3.8) is 0 Å². The number of hydrogen-bond donors (Lipinski definition) is 1. The summed E-state index contributed by atoms with van der Waals surface area (Å²) < 4.78 is 1.81. The second kappa shape index (κ2) is 4.68. The van der Waals surface area contributed by atoms with Gasteiger partial charge in [0.1, 0.15) is 0 Å². The highest BCUT2D eigenvalue weighted by Crippen LogP contribution is 2.21. The maximum Gasteiger partial charge on any atom is 0.0949 e. The van der Waals surface area contributed by atoms with E-state index in [0.29, 0.717) is 27.9 Å². The van der Waals surface area contributed by atoms with Crippen LogP contribution in [-0.2, 0) is 6.54 Å². The van der Waals surface area contributed by atoms with Gasteiger partial charge in [0.2, 0.25) is 0 Å². The van der Waals surface area contributed by atoms with Gasteiger partial charge in [-0.1, -0.05) is 29.3 Å². The van der Waals surface area contributed by atoms with Crippen molar-refractivity contribution in [1.82, 2.24) is 9.55 Å². The summed E-state index contributed by atoms with van der Waals surface area (Å²) in [6, 6.07) is 5.12. The third-order valence-corrected chi connectivity index (χ3v) is 2.70. The Kier molecular flexibility index (Phi) is 3.27. The van der Waals surface area contributed by atoms with Crippen LogP contribution in [0.25, 0.3) is 0 Å². The zero-order valence-corrected chi connectivity index (χ0v) is 9.83. The van der Waals surface area contributed by atoms with Crippen LogP contribution in [0.3, 0.4) is 0 Å². The molecule has 0 aliphatic rings. The summed E-state index contributed by atoms with van der Waals surface area (Å²) in [6.45, 7) is 0.446. The zero-order chi connectivity index (χ0) is 11.5. The van der Waals surface area contributed by atoms with Crippen LogP contribution in [0.1, 0.15) is 5.56 Å². The molecule has 1 N–H and O–H groups in total. The predicted molar refractivity (Wildman–Crippen MR) is 65.5 cm³/mol. The van der Waals surface area contributed by atoms with E-state index in [1.165, 1.54) is 0 Å². The van der Waals surface area contributed by atoms with E-state index >= 15 is 0 Å². The van der Waals surface area contributed by atoms with Crippen LogP contribution >= 0.6 is 23.2 Å². The second-order valence-corrected chi connectivity index (χ2v) is 4.18. The van der Waals surface area contributed by atoms with Gasteiger partial charge in [0, 0.05) is 23.0 Å². The lowest BCUT2D eigenvalue weighted by atomic mass is 10.1. The first-order valence-electron chi connectivity index (χ1n) is 4.65. The van der Waals surface area contributed by atoms with Crippen molar-refractivity contribution in [1.29, 1.82) is 5.41 Å². The molecule has 1 aromatic heterocycles. The molecule has 1 heterocycles. The van der Waals surface area contributed by atoms with Crippen LogP contribution in [0, 0.1) is 5.41 Å². The Morgan fingerprint density at radius 1 is 1.38 bits per heavy atom. The number of rotatable bonds is 3. The fraction of sp³-hybridized carbons (Fsp3) is 0.0909. The van der Waals surface area contributed by atoms with Gasteiger partial charge in [-0.25, -0.2) is 4.98 Å². The summed E-state index contributed by atoms with van der Waals surface area (Å²) in [4.78, 5) is 3.92. The predicted octanol–water partition coefficient (Wildman–Crippen LogP) is 3.26. The number of benzene rings is 1. The monoisotopic (exact) mass is 253 g/mol. The van der Waals surface area contributed by atoms with Crippen LogP contribution < -0.4 is 0 Å². The van der Waals surface area contributed by atoms with Gasteiger partial charge in [0.15, 0.2) is 0 Å². The van der Waals surface area contributed by atoms with E-state index in [-0.39, 0.29) is 0 Å². The fourth-order valence-electron chi connectivity index (χ4n) is 1.38. The highest BCUT2D eigenvalue weighted by molar-refractivity contribution is 6.36. The Balaban J connectivity index is 2.21. The van der Waals surface area contributed by atoms with E-state index in [4.69, 9.17) is 28.6 Å². The molecule has 0 aliphatic heterocycles. The van der Waals surface area contributed by atoms with Crippen LogP contribution in [-0.4, -0.2) is 15.3 Å². The standard InChI is InChI=1S/C11H9Cl2N3/c12-8-1-2-9(10(13)5-8)11(14)6-16-4-3-15-7-16/h1-5,7,14H,6H2. The quantitative estimate of drug-likeness (QED) is 0.839. The molecule has 0 atom stereocenters. The van der Waals surface area contributed by atoms with E-state index in [2.05, 4.69) is 4.98 Å². The van der Waals surface area contributed by atoms with Gasteiger partial charge in [0.25, 0.3) is 0 Å². The molecule has 0 fully saturated rings.